The molecule has 0 saturated heterocycles. The molecule has 0 aliphatic carbocycles. The van der Waals surface area contributed by atoms with Crippen molar-refractivity contribution in [1.82, 2.24) is 0 Å². The molecule has 0 aromatic heterocycles. The SMILES string of the molecule is CC(C)(C)Cc1ccc2c(c1)S(C)(C)c1ccccc1-2. The molecule has 2 aromatic rings. The Morgan fingerprint density at radius 3 is 2.20 bits per heavy atom. The van der Waals surface area contributed by atoms with Crippen LogP contribution in [0.1, 0.15) is 26.3 Å². The van der Waals surface area contributed by atoms with Crippen LogP contribution in [0.2, 0.25) is 0 Å². The lowest BCUT2D eigenvalue weighted by Crippen LogP contribution is -2.09. The molecule has 0 bridgehead atoms. The molecule has 1 aliphatic rings. The Balaban J connectivity index is 2.13. The molecule has 0 unspecified atom stereocenters. The molecular weight excluding hydrogens is 260 g/mol. The molecule has 1 heterocycles. The Morgan fingerprint density at radius 1 is 0.850 bits per heavy atom. The summed E-state index contributed by atoms with van der Waals surface area (Å²) in [7, 11) is -0.843. The smallest absolute Gasteiger partial charge is 0.00181 e. The minimum atomic E-state index is -0.843. The van der Waals surface area contributed by atoms with Crippen LogP contribution in [-0.4, -0.2) is 12.5 Å². The van der Waals surface area contributed by atoms with Gasteiger partial charge in [0.2, 0.25) is 0 Å². The van der Waals surface area contributed by atoms with Gasteiger partial charge in [0.15, 0.2) is 0 Å². The molecular formula is C19H24S. The van der Waals surface area contributed by atoms with Gasteiger partial charge in [-0.25, -0.2) is 0 Å². The molecule has 0 spiro atoms. The van der Waals surface area contributed by atoms with Gasteiger partial charge in [0.1, 0.15) is 0 Å². The Hall–Kier alpha value is -1.21. The maximum absolute atomic E-state index is 2.47. The zero-order chi connectivity index (χ0) is 14.5. The van der Waals surface area contributed by atoms with Gasteiger partial charge in [-0.15, -0.1) is 0 Å². The first-order valence-electron chi connectivity index (χ1n) is 7.25. The van der Waals surface area contributed by atoms with Gasteiger partial charge in [0.25, 0.3) is 0 Å². The molecule has 106 valence electrons. The van der Waals surface area contributed by atoms with Crippen LogP contribution in [0.15, 0.2) is 52.3 Å². The predicted molar refractivity (Wildman–Crippen MR) is 91.0 cm³/mol. The van der Waals surface area contributed by atoms with Gasteiger partial charge in [-0.2, -0.15) is 10.0 Å². The van der Waals surface area contributed by atoms with Gasteiger partial charge in [0, 0.05) is 9.79 Å². The lowest BCUT2D eigenvalue weighted by molar-refractivity contribution is 0.411. The highest BCUT2D eigenvalue weighted by molar-refractivity contribution is 8.33. The van der Waals surface area contributed by atoms with Crippen LogP contribution >= 0.6 is 10.0 Å². The van der Waals surface area contributed by atoms with Crippen molar-refractivity contribution in [3.63, 3.8) is 0 Å². The van der Waals surface area contributed by atoms with Gasteiger partial charge in [-0.3, -0.25) is 0 Å². The first-order valence-corrected chi connectivity index (χ1v) is 9.70. The molecule has 20 heavy (non-hydrogen) atoms. The third kappa shape index (κ3) is 2.18. The minimum absolute atomic E-state index is 0.346. The molecule has 0 saturated carbocycles. The third-order valence-corrected chi connectivity index (χ3v) is 6.95. The van der Waals surface area contributed by atoms with Crippen molar-refractivity contribution in [2.45, 2.75) is 37.0 Å². The van der Waals surface area contributed by atoms with Crippen LogP contribution in [-0.2, 0) is 6.42 Å². The van der Waals surface area contributed by atoms with Crippen LogP contribution in [0.5, 0.6) is 0 Å². The highest BCUT2D eigenvalue weighted by Gasteiger charge is 2.31. The lowest BCUT2D eigenvalue weighted by Gasteiger charge is -2.29. The van der Waals surface area contributed by atoms with Crippen LogP contribution in [0.4, 0.5) is 0 Å². The van der Waals surface area contributed by atoms with Crippen molar-refractivity contribution in [3.05, 3.63) is 48.0 Å². The van der Waals surface area contributed by atoms with Crippen molar-refractivity contribution in [2.24, 2.45) is 5.41 Å². The fourth-order valence-corrected chi connectivity index (χ4v) is 5.74. The summed E-state index contributed by atoms with van der Waals surface area (Å²) in [4.78, 5) is 3.11. The zero-order valence-corrected chi connectivity index (χ0v) is 14.0. The number of fused-ring (bicyclic) bond motifs is 3. The molecule has 2 aromatic carbocycles. The zero-order valence-electron chi connectivity index (χ0n) is 13.2. The molecule has 3 rings (SSSR count). The first kappa shape index (κ1) is 13.8. The van der Waals surface area contributed by atoms with Gasteiger partial charge in [-0.1, -0.05) is 51.1 Å². The Kier molecular flexibility index (Phi) is 3.02. The summed E-state index contributed by atoms with van der Waals surface area (Å²) >= 11 is 0. The molecule has 0 atom stereocenters. The van der Waals surface area contributed by atoms with E-state index in [2.05, 4.69) is 75.7 Å². The second-order valence-corrected chi connectivity index (χ2v) is 10.9. The number of hydrogen-bond acceptors (Lipinski definition) is 0. The van der Waals surface area contributed by atoms with E-state index in [1.807, 2.05) is 0 Å². The van der Waals surface area contributed by atoms with Crippen LogP contribution < -0.4 is 0 Å². The van der Waals surface area contributed by atoms with E-state index in [1.165, 1.54) is 16.7 Å². The summed E-state index contributed by atoms with van der Waals surface area (Å²) in [6, 6.07) is 16.1. The standard InChI is InChI=1S/C19H24S/c1-19(2,3)13-14-10-11-16-15-8-6-7-9-17(15)20(4,5)18(16)12-14/h6-12H,13H2,1-5H3. The summed E-state index contributed by atoms with van der Waals surface area (Å²) in [6.07, 6.45) is 6.00. The average Bonchev–Trinajstić information content (AvgIpc) is 2.58. The molecule has 0 fully saturated rings. The summed E-state index contributed by atoms with van der Waals surface area (Å²) < 4.78 is 0. The fourth-order valence-electron chi connectivity index (χ4n) is 3.19. The minimum Gasteiger partial charge on any atom is -0.192 e. The maximum atomic E-state index is 2.47. The fraction of sp³-hybridized carbons (Fsp3) is 0.368. The van der Waals surface area contributed by atoms with Gasteiger partial charge < -0.3 is 0 Å². The normalized spacial score (nSPS) is 17.4. The molecule has 1 heteroatoms. The Morgan fingerprint density at radius 2 is 1.50 bits per heavy atom. The van der Waals surface area contributed by atoms with E-state index in [4.69, 9.17) is 0 Å². The molecule has 1 aliphatic heterocycles. The van der Waals surface area contributed by atoms with Gasteiger partial charge in [0.05, 0.1) is 0 Å². The van der Waals surface area contributed by atoms with Crippen LogP contribution in [0, 0.1) is 5.41 Å². The highest BCUT2D eigenvalue weighted by atomic mass is 32.3. The van der Waals surface area contributed by atoms with Crippen molar-refractivity contribution in [3.8, 4) is 11.1 Å². The van der Waals surface area contributed by atoms with E-state index in [9.17, 15) is 0 Å². The summed E-state index contributed by atoms with van der Waals surface area (Å²) in [5.74, 6) is 0. The predicted octanol–water partition coefficient (Wildman–Crippen LogP) is 5.74. The average molecular weight is 284 g/mol. The second-order valence-electron chi connectivity index (χ2n) is 7.39. The Labute approximate surface area is 124 Å². The van der Waals surface area contributed by atoms with E-state index in [0.717, 1.165) is 6.42 Å². The summed E-state index contributed by atoms with van der Waals surface area (Å²) in [6.45, 7) is 6.94. The molecule has 0 N–H and O–H groups in total. The monoisotopic (exact) mass is 284 g/mol. The summed E-state index contributed by atoms with van der Waals surface area (Å²) in [5.41, 5.74) is 4.73. The van der Waals surface area contributed by atoms with E-state index in [0.29, 0.717) is 5.41 Å². The number of hydrogen-bond donors (Lipinski definition) is 0. The van der Waals surface area contributed by atoms with E-state index < -0.39 is 10.0 Å². The molecule has 0 radical (unpaired) electrons. The topological polar surface area (TPSA) is 0 Å². The lowest BCUT2D eigenvalue weighted by atomic mass is 9.87. The Bertz CT molecular complexity index is 660. The van der Waals surface area contributed by atoms with Crippen LogP contribution in [0.25, 0.3) is 11.1 Å². The molecule has 0 nitrogen and oxygen atoms in total. The largest absolute Gasteiger partial charge is 0.192 e. The summed E-state index contributed by atoms with van der Waals surface area (Å²) in [5, 5.41) is 0. The van der Waals surface area contributed by atoms with Crippen molar-refractivity contribution in [1.29, 1.82) is 0 Å². The van der Waals surface area contributed by atoms with Gasteiger partial charge in [-0.05, 0) is 53.2 Å². The quantitative estimate of drug-likeness (QED) is 0.626. The maximum Gasteiger partial charge on any atom is 0.00181 e. The number of rotatable bonds is 1. The first-order chi connectivity index (χ1) is 9.29. The van der Waals surface area contributed by atoms with Crippen molar-refractivity contribution < 1.29 is 0 Å². The number of benzene rings is 2. The van der Waals surface area contributed by atoms with Crippen molar-refractivity contribution >= 4 is 10.0 Å². The molecule has 0 amide bonds. The van der Waals surface area contributed by atoms with Crippen molar-refractivity contribution in [2.75, 3.05) is 12.5 Å². The highest BCUT2D eigenvalue weighted by Crippen LogP contribution is 2.67. The third-order valence-electron chi connectivity index (χ3n) is 4.06. The van der Waals surface area contributed by atoms with E-state index in [1.54, 1.807) is 9.79 Å². The van der Waals surface area contributed by atoms with E-state index in [-0.39, 0.29) is 0 Å². The second kappa shape index (κ2) is 4.39. The van der Waals surface area contributed by atoms with Gasteiger partial charge >= 0.3 is 0 Å². The van der Waals surface area contributed by atoms with Crippen LogP contribution in [0.3, 0.4) is 0 Å². The van der Waals surface area contributed by atoms with E-state index >= 15 is 0 Å².